The van der Waals surface area contributed by atoms with Crippen molar-refractivity contribution in [2.75, 3.05) is 0 Å². The fraction of sp³-hybridized carbons (Fsp3) is 0.102. The number of carboxylic acid groups (broad SMARTS) is 1. The normalized spacial score (nSPS) is 9.17. The largest absolute Gasteiger partial charge is 0.512 e. The van der Waals surface area contributed by atoms with Crippen molar-refractivity contribution in [1.82, 2.24) is 19.9 Å². The Morgan fingerprint density at radius 1 is 0.635 bits per heavy atom. The molecule has 5 aromatic heterocycles. The van der Waals surface area contributed by atoms with Crippen LogP contribution in [0.2, 0.25) is 0 Å². The van der Waals surface area contributed by atoms with Gasteiger partial charge in [0.15, 0.2) is 5.78 Å². The molecule has 3 radical (unpaired) electrons. The summed E-state index contributed by atoms with van der Waals surface area (Å²) in [5.41, 5.74) is 3.73. The topological polar surface area (TPSA) is 126 Å². The summed E-state index contributed by atoms with van der Waals surface area (Å²) in [4.78, 5) is 37.3. The molecule has 5 heterocycles. The minimum Gasteiger partial charge on any atom is -0.512 e. The number of fused-ring (bicyclic) bond motifs is 1. The molecule has 63 heavy (non-hydrogen) atoms. The van der Waals surface area contributed by atoms with E-state index in [1.165, 1.54) is 42.3 Å². The van der Waals surface area contributed by atoms with Crippen molar-refractivity contribution in [3.63, 3.8) is 0 Å². The van der Waals surface area contributed by atoms with E-state index >= 15 is 0 Å². The molecule has 0 spiro atoms. The van der Waals surface area contributed by atoms with E-state index in [4.69, 9.17) is 10.2 Å². The molecule has 0 saturated carbocycles. The summed E-state index contributed by atoms with van der Waals surface area (Å²) < 4.78 is 27.1. The predicted octanol–water partition coefficient (Wildman–Crippen LogP) is 12.9. The average Bonchev–Trinajstić information content (AvgIpc) is 3.68. The number of aromatic nitrogens is 4. The molecule has 8 rings (SSSR count). The van der Waals surface area contributed by atoms with Crippen LogP contribution in [0.15, 0.2) is 170 Å². The fourth-order valence-corrected chi connectivity index (χ4v) is 5.52. The van der Waals surface area contributed by atoms with Crippen LogP contribution in [-0.2, 0) is 65.1 Å². The molecule has 14 heteroatoms. The van der Waals surface area contributed by atoms with E-state index in [0.717, 1.165) is 34.0 Å². The van der Waals surface area contributed by atoms with Gasteiger partial charge in [0.2, 0.25) is 0 Å². The first-order valence-electron chi connectivity index (χ1n) is 17.1. The van der Waals surface area contributed by atoms with Gasteiger partial charge in [-0.05, 0) is 65.1 Å². The van der Waals surface area contributed by atoms with Gasteiger partial charge < -0.3 is 25.2 Å². The van der Waals surface area contributed by atoms with E-state index in [0.29, 0.717) is 5.69 Å². The third kappa shape index (κ3) is 22.6. The Morgan fingerprint density at radius 2 is 1.16 bits per heavy atom. The zero-order valence-corrected chi connectivity index (χ0v) is 39.8. The van der Waals surface area contributed by atoms with E-state index in [-0.39, 0.29) is 105 Å². The van der Waals surface area contributed by atoms with Crippen LogP contribution in [0.25, 0.3) is 43.2 Å². The van der Waals surface area contributed by atoms with Gasteiger partial charge in [0.1, 0.15) is 5.69 Å². The quantitative estimate of drug-likeness (QED) is 0.0991. The smallest absolute Gasteiger partial charge is 0.354 e. The van der Waals surface area contributed by atoms with Gasteiger partial charge in [-0.2, -0.15) is 0 Å². The number of halogens is 2. The molecular weight excluding hydrogens is 1360 g/mol. The Bertz CT molecular complexity index is 2400. The van der Waals surface area contributed by atoms with Crippen LogP contribution in [0.1, 0.15) is 46.6 Å². The second-order valence-electron chi connectivity index (χ2n) is 11.4. The van der Waals surface area contributed by atoms with Crippen molar-refractivity contribution in [2.45, 2.75) is 36.1 Å². The van der Waals surface area contributed by atoms with Crippen molar-refractivity contribution >= 4 is 33.2 Å². The van der Waals surface area contributed by atoms with Gasteiger partial charge in [-0.25, -0.2) is 21.1 Å². The Hall–Kier alpha value is -5.29. The van der Waals surface area contributed by atoms with Crippen LogP contribution in [0, 0.1) is 29.8 Å². The summed E-state index contributed by atoms with van der Waals surface area (Å²) >= 11 is 1.73. The van der Waals surface area contributed by atoms with E-state index in [1.54, 1.807) is 54.1 Å². The molecule has 0 aliphatic carbocycles. The number of aromatic carboxylic acids is 1. The Labute approximate surface area is 413 Å². The number of hydrogen-bond donors (Lipinski definition) is 2. The molecule has 0 saturated heterocycles. The maximum atomic E-state index is 13.2. The molecule has 0 bridgehead atoms. The molecule has 8 nitrogen and oxygen atoms in total. The zero-order chi connectivity index (χ0) is 40.8. The Morgan fingerprint density at radius 3 is 1.59 bits per heavy atom. The summed E-state index contributed by atoms with van der Waals surface area (Å²) in [5.74, 6) is -2.34. The number of aliphatic hydroxyl groups excluding tert-OH is 1. The van der Waals surface area contributed by atoms with Gasteiger partial charge >= 0.3 is 5.97 Å². The molecule has 0 aliphatic heterocycles. The molecule has 0 atom stereocenters. The van der Waals surface area contributed by atoms with Crippen LogP contribution in [0.4, 0.5) is 8.78 Å². The van der Waals surface area contributed by atoms with Crippen molar-refractivity contribution in [2.24, 2.45) is 0 Å². The third-order valence-electron chi connectivity index (χ3n) is 6.97. The van der Waals surface area contributed by atoms with Crippen LogP contribution in [-0.4, -0.2) is 41.9 Å². The van der Waals surface area contributed by atoms with Crippen LogP contribution in [0.5, 0.6) is 0 Å². The van der Waals surface area contributed by atoms with E-state index < -0.39 is 17.6 Å². The Balaban J connectivity index is -0.000000713. The molecule has 0 unspecified atom stereocenters. The van der Waals surface area contributed by atoms with E-state index in [9.17, 15) is 18.4 Å². The Kier molecular flexibility index (Phi) is 33.7. The number of allylic oxidation sites excluding steroid dienone is 2. The number of ketones is 1. The maximum absolute atomic E-state index is 13.2. The van der Waals surface area contributed by atoms with Gasteiger partial charge in [0.25, 0.3) is 0 Å². The number of carboxylic acids is 1. The molecule has 0 fully saturated rings. The predicted molar refractivity (Wildman–Crippen MR) is 239 cm³/mol. The standard InChI is InChI=1S/C13H8NS.C11H6F2N.C11H8N.C6H5NO2.C5H8O2.3CH4.3Ir/c1-2-7-12-10(5-1)9-13(15-12)11-6-3-4-8-14-11;12-8-4-5-9(10(13)7-8)11-3-1-2-6-14-11;1-2-6-10(7-3-1)11-8-4-5-9-12-11;8-6(9)5-3-1-2-4-7-5;1-4(6)3-5(2)7;;;;;;/h1-8H;1-4,6-7H;1-6,8-9H;1-4H,(H,8,9);3,6H,1-2H3;3*1H4;;;/q3*-1;;;;;;;;. The molecule has 0 amide bonds. The van der Waals surface area contributed by atoms with Gasteiger partial charge in [0, 0.05) is 109 Å². The summed E-state index contributed by atoms with van der Waals surface area (Å²) in [7, 11) is 0. The average molecular weight is 1400 g/mol. The second kappa shape index (κ2) is 34.2. The number of rotatable bonds is 5. The minimum absolute atomic E-state index is 0. The molecule has 2 N–H and O–H groups in total. The van der Waals surface area contributed by atoms with Gasteiger partial charge in [-0.1, -0.05) is 88.5 Å². The van der Waals surface area contributed by atoms with Crippen LogP contribution in [0.3, 0.4) is 0 Å². The monoisotopic (exact) mass is 1400 g/mol. The number of carbonyl (C=O) groups is 2. The van der Waals surface area contributed by atoms with E-state index in [2.05, 4.69) is 56.3 Å². The van der Waals surface area contributed by atoms with Gasteiger partial charge in [-0.15, -0.1) is 71.6 Å². The molecule has 3 aromatic carbocycles. The third-order valence-corrected chi connectivity index (χ3v) is 8.06. The molecular formula is C49H47F2Ir3N4O4S-3. The van der Waals surface area contributed by atoms with Crippen molar-refractivity contribution in [3.05, 3.63) is 206 Å². The van der Waals surface area contributed by atoms with Gasteiger partial charge in [-0.3, -0.25) is 13.6 Å². The number of carbonyl (C=O) groups excluding carboxylic acids is 1. The molecule has 337 valence electrons. The van der Waals surface area contributed by atoms with E-state index in [1.807, 2.05) is 72.9 Å². The summed E-state index contributed by atoms with van der Waals surface area (Å²) in [5, 5.41) is 17.9. The SMILES string of the molecule is C.C.C.CC(=O)C=C(C)O.Fc1c[c-]c(-c2ccccn2)c(F)c1.O=C(O)c1ccccn1.[Ir].[Ir].[Ir].[c-]1c(-c2ccccn2)sc2ccccc12.[c-]1ccccc1-c1ccccn1. The first-order chi connectivity index (χ1) is 27.6. The van der Waals surface area contributed by atoms with Crippen molar-refractivity contribution in [3.8, 4) is 33.1 Å². The fourth-order valence-electron chi connectivity index (χ4n) is 4.54. The first-order valence-corrected chi connectivity index (χ1v) is 17.9. The number of thiophene rings is 1. The number of hydrogen-bond acceptors (Lipinski definition) is 8. The first kappa shape index (κ1) is 62.0. The summed E-state index contributed by atoms with van der Waals surface area (Å²) in [6.45, 7) is 2.85. The number of benzene rings is 3. The second-order valence-corrected chi connectivity index (χ2v) is 12.5. The summed E-state index contributed by atoms with van der Waals surface area (Å²) in [6.07, 6.45) is 7.76. The van der Waals surface area contributed by atoms with Gasteiger partial charge in [0.05, 0.1) is 5.76 Å². The number of nitrogens with zero attached hydrogens (tertiary/aromatic N) is 4. The molecule has 0 aliphatic rings. The van der Waals surface area contributed by atoms with Crippen LogP contribution < -0.4 is 0 Å². The van der Waals surface area contributed by atoms with Crippen molar-refractivity contribution in [1.29, 1.82) is 0 Å². The minimum atomic E-state index is -0.990. The molecule has 8 aromatic rings. The number of pyridine rings is 4. The van der Waals surface area contributed by atoms with Crippen LogP contribution >= 0.6 is 11.3 Å². The summed E-state index contributed by atoms with van der Waals surface area (Å²) in [6, 6.07) is 48.7. The number of aliphatic hydroxyl groups is 1. The van der Waals surface area contributed by atoms with Crippen molar-refractivity contribution < 1.29 is 88.9 Å². The maximum Gasteiger partial charge on any atom is 0.354 e. The zero-order valence-electron chi connectivity index (χ0n) is 31.8.